The molecule has 2 rings (SSSR count). The zero-order valence-electron chi connectivity index (χ0n) is 12.0. The number of likely N-dealkylation sites (tertiary alicyclic amines) is 1. The second-order valence-electron chi connectivity index (χ2n) is 5.52. The van der Waals surface area contributed by atoms with Crippen LogP contribution in [-0.2, 0) is 11.2 Å². The number of carbonyl (C=O) groups is 1. The van der Waals surface area contributed by atoms with E-state index in [1.165, 1.54) is 12.1 Å². The fourth-order valence-corrected chi connectivity index (χ4v) is 2.73. The van der Waals surface area contributed by atoms with Crippen molar-refractivity contribution in [2.75, 3.05) is 13.1 Å². The molecule has 1 fully saturated rings. The van der Waals surface area contributed by atoms with Crippen LogP contribution in [-0.4, -0.2) is 29.9 Å². The Morgan fingerprint density at radius 1 is 1.43 bits per heavy atom. The summed E-state index contributed by atoms with van der Waals surface area (Å²) in [5, 5.41) is 0. The van der Waals surface area contributed by atoms with Gasteiger partial charge in [-0.1, -0.05) is 13.0 Å². The Balaban J connectivity index is 0.00000220. The Labute approximate surface area is 129 Å². The van der Waals surface area contributed by atoms with Gasteiger partial charge in [0.05, 0.1) is 6.42 Å². The number of halogens is 3. The van der Waals surface area contributed by atoms with E-state index < -0.39 is 11.6 Å². The molecule has 0 aromatic heterocycles. The number of benzene rings is 1. The molecule has 6 heteroatoms. The maximum Gasteiger partial charge on any atom is 0.227 e. The lowest BCUT2D eigenvalue weighted by Gasteiger charge is -2.38. The molecule has 1 aromatic rings. The van der Waals surface area contributed by atoms with Gasteiger partial charge >= 0.3 is 0 Å². The van der Waals surface area contributed by atoms with Crippen LogP contribution in [0.2, 0.25) is 0 Å². The molecule has 1 amide bonds. The number of hydrogen-bond donors (Lipinski definition) is 1. The van der Waals surface area contributed by atoms with E-state index in [2.05, 4.69) is 6.92 Å². The van der Waals surface area contributed by atoms with Crippen LogP contribution in [0.15, 0.2) is 18.2 Å². The van der Waals surface area contributed by atoms with Crippen LogP contribution in [0.5, 0.6) is 0 Å². The molecule has 2 N–H and O–H groups in total. The summed E-state index contributed by atoms with van der Waals surface area (Å²) in [6.45, 7) is 3.22. The molecule has 1 aliphatic heterocycles. The topological polar surface area (TPSA) is 46.3 Å². The first kappa shape index (κ1) is 17.9. The van der Waals surface area contributed by atoms with E-state index in [-0.39, 0.29) is 36.3 Å². The minimum Gasteiger partial charge on any atom is -0.338 e. The number of amides is 1. The Morgan fingerprint density at radius 2 is 2.14 bits per heavy atom. The highest BCUT2D eigenvalue weighted by atomic mass is 35.5. The number of rotatable bonds is 3. The van der Waals surface area contributed by atoms with E-state index in [0.717, 1.165) is 18.9 Å². The lowest BCUT2D eigenvalue weighted by Crippen LogP contribution is -2.49. The minimum absolute atomic E-state index is 0. The zero-order chi connectivity index (χ0) is 14.7. The molecule has 0 saturated carbocycles. The molecule has 2 unspecified atom stereocenters. The molecule has 1 saturated heterocycles. The van der Waals surface area contributed by atoms with Crippen LogP contribution >= 0.6 is 12.4 Å². The van der Waals surface area contributed by atoms with Gasteiger partial charge in [-0.05, 0) is 30.4 Å². The van der Waals surface area contributed by atoms with Crippen LogP contribution in [0.4, 0.5) is 8.78 Å². The van der Waals surface area contributed by atoms with Gasteiger partial charge in [0.15, 0.2) is 0 Å². The van der Waals surface area contributed by atoms with E-state index in [1.807, 2.05) is 0 Å². The van der Waals surface area contributed by atoms with Gasteiger partial charge in [0.2, 0.25) is 5.91 Å². The summed E-state index contributed by atoms with van der Waals surface area (Å²) < 4.78 is 26.4. The largest absolute Gasteiger partial charge is 0.338 e. The number of carbonyl (C=O) groups excluding carboxylic acids is 1. The first-order valence-electron chi connectivity index (χ1n) is 6.94. The van der Waals surface area contributed by atoms with Gasteiger partial charge in [-0.3, -0.25) is 4.79 Å². The van der Waals surface area contributed by atoms with Crippen molar-refractivity contribution in [3.8, 4) is 0 Å². The van der Waals surface area contributed by atoms with Crippen LogP contribution < -0.4 is 5.73 Å². The summed E-state index contributed by atoms with van der Waals surface area (Å²) in [6, 6.07) is 3.33. The van der Waals surface area contributed by atoms with Crippen LogP contribution in [0.25, 0.3) is 0 Å². The highest BCUT2D eigenvalue weighted by molar-refractivity contribution is 5.85. The predicted octanol–water partition coefficient (Wildman–Crippen LogP) is 2.51. The van der Waals surface area contributed by atoms with Gasteiger partial charge in [-0.25, -0.2) is 8.78 Å². The summed E-state index contributed by atoms with van der Waals surface area (Å²) in [5.41, 5.74) is 5.95. The Kier molecular flexibility index (Phi) is 6.55. The molecule has 0 radical (unpaired) electrons. The van der Waals surface area contributed by atoms with E-state index in [0.29, 0.717) is 19.0 Å². The highest BCUT2D eigenvalue weighted by Gasteiger charge is 2.29. The average Bonchev–Trinajstić information content (AvgIpc) is 2.41. The first-order chi connectivity index (χ1) is 9.51. The number of piperidine rings is 1. The predicted molar refractivity (Wildman–Crippen MR) is 80.3 cm³/mol. The summed E-state index contributed by atoms with van der Waals surface area (Å²) >= 11 is 0. The van der Waals surface area contributed by atoms with Gasteiger partial charge in [-0.15, -0.1) is 12.4 Å². The van der Waals surface area contributed by atoms with Crippen LogP contribution in [0, 0.1) is 17.6 Å². The summed E-state index contributed by atoms with van der Waals surface area (Å²) in [4.78, 5) is 14.0. The molecule has 2 atom stereocenters. The third kappa shape index (κ3) is 4.38. The SMILES string of the molecule is CC1CCN(C(=O)Cc2ccc(F)cc2F)C(CN)C1.Cl. The van der Waals surface area contributed by atoms with Crippen molar-refractivity contribution in [2.45, 2.75) is 32.2 Å². The molecule has 0 bridgehead atoms. The fourth-order valence-electron chi connectivity index (χ4n) is 2.73. The Bertz CT molecular complexity index is 499. The Morgan fingerprint density at radius 3 is 2.76 bits per heavy atom. The molecule has 1 aromatic carbocycles. The molecule has 3 nitrogen and oxygen atoms in total. The lowest BCUT2D eigenvalue weighted by molar-refractivity contribution is -0.134. The van der Waals surface area contributed by atoms with E-state index >= 15 is 0 Å². The zero-order valence-corrected chi connectivity index (χ0v) is 12.8. The van der Waals surface area contributed by atoms with Gasteiger partial charge in [0.1, 0.15) is 11.6 Å². The number of hydrogen-bond acceptors (Lipinski definition) is 2. The molecule has 0 spiro atoms. The van der Waals surface area contributed by atoms with Crippen LogP contribution in [0.1, 0.15) is 25.3 Å². The lowest BCUT2D eigenvalue weighted by atomic mass is 9.92. The number of nitrogens with two attached hydrogens (primary N) is 1. The summed E-state index contributed by atoms with van der Waals surface area (Å²) in [5.74, 6) is -0.897. The van der Waals surface area contributed by atoms with Crippen molar-refractivity contribution < 1.29 is 13.6 Å². The van der Waals surface area contributed by atoms with E-state index in [1.54, 1.807) is 4.90 Å². The van der Waals surface area contributed by atoms with Crippen molar-refractivity contribution in [1.82, 2.24) is 4.90 Å². The van der Waals surface area contributed by atoms with Crippen molar-refractivity contribution in [1.29, 1.82) is 0 Å². The van der Waals surface area contributed by atoms with Gasteiger partial charge in [-0.2, -0.15) is 0 Å². The average molecular weight is 319 g/mol. The monoisotopic (exact) mass is 318 g/mol. The normalized spacial score (nSPS) is 21.8. The smallest absolute Gasteiger partial charge is 0.227 e. The molecule has 1 aliphatic rings. The highest BCUT2D eigenvalue weighted by Crippen LogP contribution is 2.23. The van der Waals surface area contributed by atoms with Crippen molar-refractivity contribution in [3.05, 3.63) is 35.4 Å². The maximum atomic E-state index is 13.6. The molecule has 0 aliphatic carbocycles. The van der Waals surface area contributed by atoms with E-state index in [4.69, 9.17) is 5.73 Å². The summed E-state index contributed by atoms with van der Waals surface area (Å²) in [6.07, 6.45) is 1.78. The Hall–Kier alpha value is -1.20. The minimum atomic E-state index is -0.673. The van der Waals surface area contributed by atoms with Crippen molar-refractivity contribution in [3.63, 3.8) is 0 Å². The fraction of sp³-hybridized carbons (Fsp3) is 0.533. The third-order valence-corrected chi connectivity index (χ3v) is 3.93. The maximum absolute atomic E-state index is 13.6. The van der Waals surface area contributed by atoms with E-state index in [9.17, 15) is 13.6 Å². The second-order valence-corrected chi connectivity index (χ2v) is 5.52. The molecule has 1 heterocycles. The molecular weight excluding hydrogens is 298 g/mol. The standard InChI is InChI=1S/C15H20F2N2O.ClH/c1-10-4-5-19(13(6-10)9-18)15(20)7-11-2-3-12(16)8-14(11)17;/h2-3,8,10,13H,4-7,9,18H2,1H3;1H. The number of nitrogens with zero attached hydrogens (tertiary/aromatic N) is 1. The summed E-state index contributed by atoms with van der Waals surface area (Å²) in [7, 11) is 0. The third-order valence-electron chi connectivity index (χ3n) is 3.93. The quantitative estimate of drug-likeness (QED) is 0.931. The van der Waals surface area contributed by atoms with Crippen molar-refractivity contribution in [2.24, 2.45) is 11.7 Å². The molecular formula is C15H21ClF2N2O. The molecule has 118 valence electrons. The first-order valence-corrected chi connectivity index (χ1v) is 6.94. The van der Waals surface area contributed by atoms with Crippen LogP contribution in [0.3, 0.4) is 0 Å². The second kappa shape index (κ2) is 7.71. The molecule has 21 heavy (non-hydrogen) atoms. The van der Waals surface area contributed by atoms with Gasteiger partial charge < -0.3 is 10.6 Å². The van der Waals surface area contributed by atoms with Crippen molar-refractivity contribution >= 4 is 18.3 Å². The van der Waals surface area contributed by atoms with Gasteiger partial charge in [0.25, 0.3) is 0 Å². The van der Waals surface area contributed by atoms with Gasteiger partial charge in [0, 0.05) is 25.2 Å².